The van der Waals surface area contributed by atoms with Gasteiger partial charge in [0.05, 0.1) is 25.6 Å². The Morgan fingerprint density at radius 3 is 2.48 bits per heavy atom. The Hall–Kier alpha value is -1.40. The Kier molecular flexibility index (Phi) is 6.59. The molecule has 5 nitrogen and oxygen atoms in total. The summed E-state index contributed by atoms with van der Waals surface area (Å²) >= 11 is 3.40. The Bertz CT molecular complexity index is 539. The van der Waals surface area contributed by atoms with Crippen molar-refractivity contribution in [2.45, 2.75) is 25.8 Å². The van der Waals surface area contributed by atoms with Crippen molar-refractivity contribution >= 4 is 27.8 Å². The van der Waals surface area contributed by atoms with E-state index in [4.69, 9.17) is 4.74 Å². The molecule has 1 aromatic rings. The SMILES string of the molecule is COC(=O)C1CCN(CC(=O)NC(C)c2ccc(Br)cc2)CC1. The second-order valence-electron chi connectivity index (χ2n) is 5.91. The largest absolute Gasteiger partial charge is 0.469 e. The monoisotopic (exact) mass is 382 g/mol. The molecular formula is C17H23BrN2O3. The number of esters is 1. The molecule has 126 valence electrons. The highest BCUT2D eigenvalue weighted by molar-refractivity contribution is 9.10. The topological polar surface area (TPSA) is 58.6 Å². The number of carbonyl (C=O) groups excluding carboxylic acids is 2. The Labute approximate surface area is 145 Å². The van der Waals surface area contributed by atoms with E-state index < -0.39 is 0 Å². The number of hydrogen-bond acceptors (Lipinski definition) is 4. The van der Waals surface area contributed by atoms with Crippen LogP contribution in [0.3, 0.4) is 0 Å². The van der Waals surface area contributed by atoms with Crippen LogP contribution >= 0.6 is 15.9 Å². The molecular weight excluding hydrogens is 360 g/mol. The van der Waals surface area contributed by atoms with Gasteiger partial charge in [0.25, 0.3) is 0 Å². The fourth-order valence-corrected chi connectivity index (χ4v) is 3.08. The van der Waals surface area contributed by atoms with Crippen LogP contribution in [0.25, 0.3) is 0 Å². The fourth-order valence-electron chi connectivity index (χ4n) is 2.82. The van der Waals surface area contributed by atoms with Gasteiger partial charge in [0, 0.05) is 4.47 Å². The van der Waals surface area contributed by atoms with Crippen LogP contribution in [0.1, 0.15) is 31.4 Å². The van der Waals surface area contributed by atoms with Crippen molar-refractivity contribution in [3.8, 4) is 0 Å². The number of halogens is 1. The molecule has 0 spiro atoms. The highest BCUT2D eigenvalue weighted by atomic mass is 79.9. The van der Waals surface area contributed by atoms with E-state index in [1.807, 2.05) is 31.2 Å². The van der Waals surface area contributed by atoms with Crippen LogP contribution in [0.4, 0.5) is 0 Å². The lowest BCUT2D eigenvalue weighted by Gasteiger charge is -2.30. The van der Waals surface area contributed by atoms with Crippen LogP contribution < -0.4 is 5.32 Å². The molecule has 0 bridgehead atoms. The summed E-state index contributed by atoms with van der Waals surface area (Å²) in [5.41, 5.74) is 1.07. The Balaban J connectivity index is 1.77. The van der Waals surface area contributed by atoms with Gasteiger partial charge in [0.2, 0.25) is 5.91 Å². The predicted octanol–water partition coefficient (Wildman–Crippen LogP) is 2.51. The van der Waals surface area contributed by atoms with Crippen molar-refractivity contribution < 1.29 is 14.3 Å². The van der Waals surface area contributed by atoms with Gasteiger partial charge in [0.15, 0.2) is 0 Å². The molecule has 1 saturated heterocycles. The van der Waals surface area contributed by atoms with Crippen LogP contribution in [0, 0.1) is 5.92 Å². The quantitative estimate of drug-likeness (QED) is 0.794. The van der Waals surface area contributed by atoms with Crippen molar-refractivity contribution in [3.05, 3.63) is 34.3 Å². The predicted molar refractivity (Wildman–Crippen MR) is 91.9 cm³/mol. The summed E-state index contributed by atoms with van der Waals surface area (Å²) in [6.07, 6.45) is 1.50. The van der Waals surface area contributed by atoms with E-state index in [2.05, 4.69) is 26.1 Å². The molecule has 1 amide bonds. The van der Waals surface area contributed by atoms with Crippen molar-refractivity contribution in [2.75, 3.05) is 26.7 Å². The zero-order valence-electron chi connectivity index (χ0n) is 13.5. The number of nitrogens with zero attached hydrogens (tertiary/aromatic N) is 1. The lowest BCUT2D eigenvalue weighted by Crippen LogP contribution is -2.43. The van der Waals surface area contributed by atoms with E-state index in [-0.39, 0.29) is 23.8 Å². The molecule has 1 atom stereocenters. The number of methoxy groups -OCH3 is 1. The standard InChI is InChI=1S/C17H23BrN2O3/c1-12(13-3-5-15(18)6-4-13)19-16(21)11-20-9-7-14(8-10-20)17(22)23-2/h3-6,12,14H,7-11H2,1-2H3,(H,19,21). The minimum atomic E-state index is -0.141. The third-order valence-electron chi connectivity index (χ3n) is 4.24. The molecule has 1 heterocycles. The van der Waals surface area contributed by atoms with Crippen molar-refractivity contribution in [1.29, 1.82) is 0 Å². The Morgan fingerprint density at radius 1 is 1.30 bits per heavy atom. The molecule has 2 rings (SSSR count). The molecule has 0 aliphatic carbocycles. The first-order valence-electron chi connectivity index (χ1n) is 7.84. The average Bonchev–Trinajstić information content (AvgIpc) is 2.55. The van der Waals surface area contributed by atoms with Crippen LogP contribution in [-0.2, 0) is 14.3 Å². The van der Waals surface area contributed by atoms with E-state index in [9.17, 15) is 9.59 Å². The Morgan fingerprint density at radius 2 is 1.91 bits per heavy atom. The third kappa shape index (κ3) is 5.32. The second kappa shape index (κ2) is 8.45. The minimum absolute atomic E-state index is 0.0111. The minimum Gasteiger partial charge on any atom is -0.469 e. The number of carbonyl (C=O) groups is 2. The summed E-state index contributed by atoms with van der Waals surface area (Å²) in [7, 11) is 1.42. The summed E-state index contributed by atoms with van der Waals surface area (Å²) in [4.78, 5) is 25.8. The van der Waals surface area contributed by atoms with Gasteiger partial charge >= 0.3 is 5.97 Å². The maximum atomic E-state index is 12.2. The molecule has 23 heavy (non-hydrogen) atoms. The van der Waals surface area contributed by atoms with Crippen molar-refractivity contribution in [3.63, 3.8) is 0 Å². The highest BCUT2D eigenvalue weighted by Gasteiger charge is 2.26. The molecule has 0 aromatic heterocycles. The van der Waals surface area contributed by atoms with Gasteiger partial charge < -0.3 is 10.1 Å². The molecule has 0 radical (unpaired) electrons. The number of nitrogens with one attached hydrogen (secondary N) is 1. The van der Waals surface area contributed by atoms with Gasteiger partial charge in [-0.25, -0.2) is 0 Å². The molecule has 1 unspecified atom stereocenters. The maximum Gasteiger partial charge on any atom is 0.308 e. The second-order valence-corrected chi connectivity index (χ2v) is 6.83. The lowest BCUT2D eigenvalue weighted by molar-refractivity contribution is -0.147. The first-order valence-corrected chi connectivity index (χ1v) is 8.64. The molecule has 0 saturated carbocycles. The number of amides is 1. The molecule has 1 aromatic carbocycles. The summed E-state index contributed by atoms with van der Waals surface area (Å²) in [5, 5.41) is 3.02. The fraction of sp³-hybridized carbons (Fsp3) is 0.529. The summed E-state index contributed by atoms with van der Waals surface area (Å²) in [6, 6.07) is 7.90. The lowest BCUT2D eigenvalue weighted by atomic mass is 9.97. The zero-order chi connectivity index (χ0) is 16.8. The van der Waals surface area contributed by atoms with Gasteiger partial charge in [-0.05, 0) is 50.6 Å². The molecule has 1 aliphatic heterocycles. The smallest absolute Gasteiger partial charge is 0.308 e. The number of rotatable bonds is 5. The molecule has 1 N–H and O–H groups in total. The number of piperidine rings is 1. The van der Waals surface area contributed by atoms with E-state index in [0.29, 0.717) is 6.54 Å². The van der Waals surface area contributed by atoms with Crippen molar-refractivity contribution in [1.82, 2.24) is 10.2 Å². The number of hydrogen-bond donors (Lipinski definition) is 1. The van der Waals surface area contributed by atoms with Gasteiger partial charge in [-0.15, -0.1) is 0 Å². The van der Waals surface area contributed by atoms with Gasteiger partial charge in [0.1, 0.15) is 0 Å². The molecule has 6 heteroatoms. The zero-order valence-corrected chi connectivity index (χ0v) is 15.1. The van der Waals surface area contributed by atoms with Gasteiger partial charge in [-0.3, -0.25) is 14.5 Å². The molecule has 1 fully saturated rings. The summed E-state index contributed by atoms with van der Waals surface area (Å²) in [6.45, 7) is 3.85. The number of benzene rings is 1. The van der Waals surface area contributed by atoms with E-state index >= 15 is 0 Å². The van der Waals surface area contributed by atoms with E-state index in [0.717, 1.165) is 36.0 Å². The highest BCUT2D eigenvalue weighted by Crippen LogP contribution is 2.19. The molecule has 1 aliphatic rings. The van der Waals surface area contributed by atoms with E-state index in [1.165, 1.54) is 7.11 Å². The summed E-state index contributed by atoms with van der Waals surface area (Å²) < 4.78 is 5.80. The van der Waals surface area contributed by atoms with Crippen LogP contribution in [0.5, 0.6) is 0 Å². The first-order chi connectivity index (χ1) is 11.0. The van der Waals surface area contributed by atoms with Gasteiger partial charge in [-0.2, -0.15) is 0 Å². The van der Waals surface area contributed by atoms with E-state index in [1.54, 1.807) is 0 Å². The first kappa shape index (κ1) is 17.9. The number of ether oxygens (including phenoxy) is 1. The number of likely N-dealkylation sites (tertiary alicyclic amines) is 1. The van der Waals surface area contributed by atoms with Crippen LogP contribution in [0.2, 0.25) is 0 Å². The van der Waals surface area contributed by atoms with Crippen LogP contribution in [0.15, 0.2) is 28.7 Å². The average molecular weight is 383 g/mol. The maximum absolute atomic E-state index is 12.2. The normalized spacial score (nSPS) is 17.5. The third-order valence-corrected chi connectivity index (χ3v) is 4.77. The van der Waals surface area contributed by atoms with Crippen molar-refractivity contribution in [2.24, 2.45) is 5.92 Å². The van der Waals surface area contributed by atoms with Crippen LogP contribution in [-0.4, -0.2) is 43.5 Å². The van der Waals surface area contributed by atoms with Gasteiger partial charge in [-0.1, -0.05) is 28.1 Å². The summed E-state index contributed by atoms with van der Waals surface area (Å²) in [5.74, 6) is -0.157.